The Hall–Kier alpha value is -1.81. The second kappa shape index (κ2) is 4.37. The van der Waals surface area contributed by atoms with E-state index in [4.69, 9.17) is 4.74 Å². The molecule has 0 fully saturated rings. The number of hydrogen-bond acceptors (Lipinski definition) is 4. The van der Waals surface area contributed by atoms with Crippen LogP contribution in [-0.4, -0.2) is 18.5 Å². The van der Waals surface area contributed by atoms with Crippen LogP contribution in [0.15, 0.2) is 29.0 Å². The van der Waals surface area contributed by atoms with Crippen molar-refractivity contribution in [1.29, 1.82) is 0 Å². The molecule has 0 atom stereocenters. The van der Waals surface area contributed by atoms with Crippen molar-refractivity contribution >= 4 is 17.6 Å². The highest BCUT2D eigenvalue weighted by atomic mass is 32.1. The standard InChI is InChI=1S/C12H10O3S/c1-15-12-4-9(6-13)10(5-11(12)14)8-2-3-16-7-8/h2-7,14H,1H3. The highest BCUT2D eigenvalue weighted by molar-refractivity contribution is 7.08. The normalized spacial score (nSPS) is 10.1. The van der Waals surface area contributed by atoms with Gasteiger partial charge in [0.1, 0.15) is 0 Å². The first kappa shape index (κ1) is 10.7. The van der Waals surface area contributed by atoms with E-state index >= 15 is 0 Å². The Labute approximate surface area is 96.9 Å². The van der Waals surface area contributed by atoms with Gasteiger partial charge in [0, 0.05) is 5.56 Å². The molecule has 0 saturated carbocycles. The van der Waals surface area contributed by atoms with Crippen molar-refractivity contribution in [3.8, 4) is 22.6 Å². The van der Waals surface area contributed by atoms with Gasteiger partial charge in [0.2, 0.25) is 0 Å². The lowest BCUT2D eigenvalue weighted by Gasteiger charge is -2.08. The van der Waals surface area contributed by atoms with Crippen LogP contribution in [0.1, 0.15) is 10.4 Å². The minimum absolute atomic E-state index is 0.0364. The molecule has 0 bridgehead atoms. The third-order valence-electron chi connectivity index (χ3n) is 2.31. The summed E-state index contributed by atoms with van der Waals surface area (Å²) < 4.78 is 4.95. The van der Waals surface area contributed by atoms with Crippen LogP contribution in [0.5, 0.6) is 11.5 Å². The van der Waals surface area contributed by atoms with Gasteiger partial charge in [-0.15, -0.1) is 0 Å². The number of thiophene rings is 1. The van der Waals surface area contributed by atoms with Crippen molar-refractivity contribution in [2.45, 2.75) is 0 Å². The van der Waals surface area contributed by atoms with Crippen molar-refractivity contribution in [2.24, 2.45) is 0 Å². The zero-order chi connectivity index (χ0) is 11.5. The first-order chi connectivity index (χ1) is 7.76. The molecule has 0 aliphatic heterocycles. The third-order valence-corrected chi connectivity index (χ3v) is 2.99. The summed E-state index contributed by atoms with van der Waals surface area (Å²) in [6.07, 6.45) is 0.759. The molecule has 1 heterocycles. The van der Waals surface area contributed by atoms with E-state index in [0.29, 0.717) is 11.3 Å². The van der Waals surface area contributed by atoms with Crippen molar-refractivity contribution in [1.82, 2.24) is 0 Å². The molecule has 0 aliphatic carbocycles. The molecule has 16 heavy (non-hydrogen) atoms. The fourth-order valence-corrected chi connectivity index (χ4v) is 2.17. The lowest BCUT2D eigenvalue weighted by atomic mass is 10.0. The highest BCUT2D eigenvalue weighted by Crippen LogP contribution is 2.34. The fraction of sp³-hybridized carbons (Fsp3) is 0.0833. The number of aldehydes is 1. The summed E-state index contributed by atoms with van der Waals surface area (Å²) in [5.74, 6) is 0.343. The molecule has 1 aromatic carbocycles. The molecule has 4 heteroatoms. The number of methoxy groups -OCH3 is 1. The molecule has 0 radical (unpaired) electrons. The number of rotatable bonds is 3. The first-order valence-electron chi connectivity index (χ1n) is 4.65. The first-order valence-corrected chi connectivity index (χ1v) is 5.59. The molecule has 0 saturated heterocycles. The largest absolute Gasteiger partial charge is 0.504 e. The van der Waals surface area contributed by atoms with E-state index in [0.717, 1.165) is 17.4 Å². The number of carbonyl (C=O) groups excluding carboxylic acids is 1. The quantitative estimate of drug-likeness (QED) is 0.830. The average Bonchev–Trinajstić information content (AvgIpc) is 2.82. The number of phenolic OH excluding ortho intramolecular Hbond substituents is 1. The van der Waals surface area contributed by atoms with Crippen molar-refractivity contribution < 1.29 is 14.6 Å². The number of phenols is 1. The van der Waals surface area contributed by atoms with Crippen molar-refractivity contribution in [3.63, 3.8) is 0 Å². The molecule has 1 aromatic heterocycles. The number of ether oxygens (including phenoxy) is 1. The van der Waals surface area contributed by atoms with E-state index in [1.807, 2.05) is 16.8 Å². The molecule has 3 nitrogen and oxygen atoms in total. The molecule has 0 aliphatic rings. The maximum atomic E-state index is 11.0. The Morgan fingerprint density at radius 2 is 2.25 bits per heavy atom. The zero-order valence-electron chi connectivity index (χ0n) is 8.64. The Morgan fingerprint density at radius 3 is 2.81 bits per heavy atom. The maximum absolute atomic E-state index is 11.0. The van der Waals surface area contributed by atoms with Crippen LogP contribution in [0.25, 0.3) is 11.1 Å². The highest BCUT2D eigenvalue weighted by Gasteiger charge is 2.11. The number of hydrogen-bond donors (Lipinski definition) is 1. The molecular weight excluding hydrogens is 224 g/mol. The summed E-state index contributed by atoms with van der Waals surface area (Å²) in [6.45, 7) is 0. The second-order valence-electron chi connectivity index (χ2n) is 3.24. The average molecular weight is 234 g/mol. The van der Waals surface area contributed by atoms with E-state index in [2.05, 4.69) is 0 Å². The van der Waals surface area contributed by atoms with E-state index in [1.54, 1.807) is 17.4 Å². The van der Waals surface area contributed by atoms with Crippen LogP contribution in [0, 0.1) is 0 Å². The zero-order valence-corrected chi connectivity index (χ0v) is 9.45. The summed E-state index contributed by atoms with van der Waals surface area (Å²) >= 11 is 1.54. The molecule has 82 valence electrons. The van der Waals surface area contributed by atoms with Crippen LogP contribution in [-0.2, 0) is 0 Å². The van der Waals surface area contributed by atoms with E-state index in [9.17, 15) is 9.90 Å². The van der Waals surface area contributed by atoms with Crippen LogP contribution in [0.3, 0.4) is 0 Å². The number of aromatic hydroxyl groups is 1. The number of benzene rings is 1. The van der Waals surface area contributed by atoms with Gasteiger partial charge in [0.05, 0.1) is 7.11 Å². The Bertz CT molecular complexity index is 503. The fourth-order valence-electron chi connectivity index (χ4n) is 1.51. The SMILES string of the molecule is COc1cc(C=O)c(-c2ccsc2)cc1O. The minimum Gasteiger partial charge on any atom is -0.504 e. The lowest BCUT2D eigenvalue weighted by Crippen LogP contribution is -1.90. The van der Waals surface area contributed by atoms with Crippen molar-refractivity contribution in [2.75, 3.05) is 7.11 Å². The molecular formula is C12H10O3S. The van der Waals surface area contributed by atoms with E-state index in [-0.39, 0.29) is 5.75 Å². The summed E-state index contributed by atoms with van der Waals surface area (Å²) in [4.78, 5) is 11.0. The summed E-state index contributed by atoms with van der Waals surface area (Å²) in [5.41, 5.74) is 2.15. The Kier molecular flexibility index (Phi) is 2.92. The van der Waals surface area contributed by atoms with E-state index in [1.165, 1.54) is 13.2 Å². The predicted octanol–water partition coefficient (Wildman–Crippen LogP) is 2.94. The second-order valence-corrected chi connectivity index (χ2v) is 4.02. The van der Waals surface area contributed by atoms with Gasteiger partial charge in [0.25, 0.3) is 0 Å². The lowest BCUT2D eigenvalue weighted by molar-refractivity contribution is 0.112. The molecule has 2 rings (SSSR count). The maximum Gasteiger partial charge on any atom is 0.161 e. The van der Waals surface area contributed by atoms with Crippen LogP contribution in [0.2, 0.25) is 0 Å². The minimum atomic E-state index is 0.0364. The van der Waals surface area contributed by atoms with E-state index < -0.39 is 0 Å². The van der Waals surface area contributed by atoms with Gasteiger partial charge in [-0.3, -0.25) is 4.79 Å². The van der Waals surface area contributed by atoms with Gasteiger partial charge in [0.15, 0.2) is 17.8 Å². The monoisotopic (exact) mass is 234 g/mol. The van der Waals surface area contributed by atoms with Crippen LogP contribution < -0.4 is 4.74 Å². The molecule has 0 spiro atoms. The predicted molar refractivity (Wildman–Crippen MR) is 63.4 cm³/mol. The smallest absolute Gasteiger partial charge is 0.161 e. The van der Waals surface area contributed by atoms with Gasteiger partial charge in [-0.05, 0) is 40.1 Å². The van der Waals surface area contributed by atoms with Gasteiger partial charge < -0.3 is 9.84 Å². The van der Waals surface area contributed by atoms with Crippen molar-refractivity contribution in [3.05, 3.63) is 34.5 Å². The molecule has 1 N–H and O–H groups in total. The third kappa shape index (κ3) is 1.79. The van der Waals surface area contributed by atoms with Gasteiger partial charge in [-0.25, -0.2) is 0 Å². The topological polar surface area (TPSA) is 46.5 Å². The van der Waals surface area contributed by atoms with Gasteiger partial charge in [-0.1, -0.05) is 0 Å². The molecule has 2 aromatic rings. The van der Waals surface area contributed by atoms with Crippen LogP contribution in [0.4, 0.5) is 0 Å². The summed E-state index contributed by atoms with van der Waals surface area (Å²) in [7, 11) is 1.45. The Morgan fingerprint density at radius 1 is 1.44 bits per heavy atom. The number of carbonyl (C=O) groups is 1. The summed E-state index contributed by atoms with van der Waals surface area (Å²) in [5, 5.41) is 13.5. The van der Waals surface area contributed by atoms with Crippen LogP contribution >= 0.6 is 11.3 Å². The summed E-state index contributed by atoms with van der Waals surface area (Å²) in [6, 6.07) is 4.98. The molecule has 0 unspecified atom stereocenters. The Balaban J connectivity index is 2.61. The van der Waals surface area contributed by atoms with Gasteiger partial charge in [-0.2, -0.15) is 11.3 Å². The molecule has 0 amide bonds. The van der Waals surface area contributed by atoms with Gasteiger partial charge >= 0.3 is 0 Å².